The van der Waals surface area contributed by atoms with Crippen LogP contribution in [0.1, 0.15) is 17.3 Å². The van der Waals surface area contributed by atoms with Crippen LogP contribution < -0.4 is 5.56 Å². The maximum Gasteiger partial charge on any atom is 0.292 e. The second-order valence-electron chi connectivity index (χ2n) is 4.98. The van der Waals surface area contributed by atoms with Gasteiger partial charge in [0.2, 0.25) is 0 Å². The summed E-state index contributed by atoms with van der Waals surface area (Å²) in [5.74, 6) is -0.0495. The van der Waals surface area contributed by atoms with E-state index in [1.54, 1.807) is 24.3 Å². The van der Waals surface area contributed by atoms with Gasteiger partial charge in [-0.2, -0.15) is 5.11 Å². The molecule has 1 aromatic heterocycles. The van der Waals surface area contributed by atoms with Crippen LogP contribution in [-0.2, 0) is 0 Å². The van der Waals surface area contributed by atoms with Crippen LogP contribution >= 0.6 is 0 Å². The molecule has 2 aromatic carbocycles. The van der Waals surface area contributed by atoms with Crippen LogP contribution in [0.25, 0.3) is 11.3 Å². The fourth-order valence-electron chi connectivity index (χ4n) is 2.16. The minimum Gasteiger partial charge on any atom is -0.295 e. The van der Waals surface area contributed by atoms with Gasteiger partial charge in [-0.15, -0.1) is 5.11 Å². The van der Waals surface area contributed by atoms with Crippen LogP contribution in [-0.4, -0.2) is 16.0 Å². The highest BCUT2D eigenvalue weighted by Crippen LogP contribution is 2.26. The molecule has 0 aliphatic carbocycles. The van der Waals surface area contributed by atoms with Crippen LogP contribution in [0.4, 0.5) is 11.4 Å². The van der Waals surface area contributed by atoms with E-state index in [9.17, 15) is 9.59 Å². The first-order valence-electron chi connectivity index (χ1n) is 7.04. The fourth-order valence-corrected chi connectivity index (χ4v) is 2.16. The van der Waals surface area contributed by atoms with E-state index in [2.05, 4.69) is 20.4 Å². The first kappa shape index (κ1) is 14.6. The molecule has 3 aromatic rings. The molecule has 1 heterocycles. The van der Waals surface area contributed by atoms with Crippen molar-refractivity contribution in [2.75, 3.05) is 0 Å². The number of nitrogens with one attached hydrogen (secondary N) is 2. The molecule has 0 aliphatic heterocycles. The number of rotatable bonds is 4. The van der Waals surface area contributed by atoms with Crippen molar-refractivity contribution in [3.05, 3.63) is 70.5 Å². The topological polar surface area (TPSA) is 90.4 Å². The Labute approximate surface area is 131 Å². The lowest BCUT2D eigenvalue weighted by atomic mass is 10.1. The van der Waals surface area contributed by atoms with E-state index < -0.39 is 0 Å². The molecule has 0 saturated carbocycles. The maximum atomic E-state index is 11.9. The molecular formula is C17H14N4O2. The van der Waals surface area contributed by atoms with Gasteiger partial charge in [0.05, 0.1) is 11.4 Å². The van der Waals surface area contributed by atoms with Gasteiger partial charge in [-0.3, -0.25) is 19.8 Å². The average molecular weight is 306 g/mol. The molecule has 0 bridgehead atoms. The SMILES string of the molecule is CC(=O)c1cccc(N=Nc2c(-c3ccccc3)[nH][nH]c2=O)c1. The highest BCUT2D eigenvalue weighted by atomic mass is 16.1. The number of azo groups is 1. The molecule has 0 radical (unpaired) electrons. The summed E-state index contributed by atoms with van der Waals surface area (Å²) < 4.78 is 0. The number of hydrogen-bond donors (Lipinski definition) is 2. The number of ketones is 1. The van der Waals surface area contributed by atoms with Crippen molar-refractivity contribution >= 4 is 17.2 Å². The Bertz CT molecular complexity index is 923. The van der Waals surface area contributed by atoms with Gasteiger partial charge in [-0.25, -0.2) is 0 Å². The first-order valence-corrected chi connectivity index (χ1v) is 7.04. The molecule has 0 aliphatic rings. The van der Waals surface area contributed by atoms with Crippen molar-refractivity contribution in [1.29, 1.82) is 0 Å². The summed E-state index contributed by atoms with van der Waals surface area (Å²) in [6, 6.07) is 16.2. The zero-order valence-corrected chi connectivity index (χ0v) is 12.4. The monoisotopic (exact) mass is 306 g/mol. The number of hydrogen-bond acceptors (Lipinski definition) is 4. The van der Waals surface area contributed by atoms with Gasteiger partial charge in [-0.05, 0) is 19.1 Å². The van der Waals surface area contributed by atoms with Crippen LogP contribution in [0.5, 0.6) is 0 Å². The Morgan fingerprint density at radius 1 is 0.957 bits per heavy atom. The molecule has 0 spiro atoms. The highest BCUT2D eigenvalue weighted by Gasteiger charge is 2.11. The van der Waals surface area contributed by atoms with E-state index in [4.69, 9.17) is 0 Å². The van der Waals surface area contributed by atoms with E-state index >= 15 is 0 Å². The van der Waals surface area contributed by atoms with E-state index in [-0.39, 0.29) is 17.0 Å². The Kier molecular flexibility index (Phi) is 3.97. The number of aromatic amines is 2. The van der Waals surface area contributed by atoms with Crippen LogP contribution in [0.2, 0.25) is 0 Å². The molecule has 0 fully saturated rings. The predicted molar refractivity (Wildman–Crippen MR) is 87.5 cm³/mol. The largest absolute Gasteiger partial charge is 0.295 e. The van der Waals surface area contributed by atoms with Crippen molar-refractivity contribution < 1.29 is 4.79 Å². The Hall–Kier alpha value is -3.28. The second-order valence-corrected chi connectivity index (χ2v) is 4.98. The number of benzene rings is 2. The van der Waals surface area contributed by atoms with E-state index in [1.807, 2.05) is 30.3 Å². The van der Waals surface area contributed by atoms with Crippen LogP contribution in [0.3, 0.4) is 0 Å². The third kappa shape index (κ3) is 3.16. The fraction of sp³-hybridized carbons (Fsp3) is 0.0588. The lowest BCUT2D eigenvalue weighted by molar-refractivity contribution is 0.101. The first-order chi connectivity index (χ1) is 11.1. The number of H-pyrrole nitrogens is 2. The van der Waals surface area contributed by atoms with Gasteiger partial charge < -0.3 is 0 Å². The van der Waals surface area contributed by atoms with Crippen molar-refractivity contribution in [2.45, 2.75) is 6.92 Å². The summed E-state index contributed by atoms with van der Waals surface area (Å²) in [6.07, 6.45) is 0. The third-order valence-electron chi connectivity index (χ3n) is 3.33. The minimum absolute atomic E-state index is 0.0495. The van der Waals surface area contributed by atoms with Crippen molar-refractivity contribution in [3.63, 3.8) is 0 Å². The highest BCUT2D eigenvalue weighted by molar-refractivity contribution is 5.94. The number of nitrogens with zero attached hydrogens (tertiary/aromatic N) is 2. The zero-order valence-electron chi connectivity index (χ0n) is 12.4. The van der Waals surface area contributed by atoms with Gasteiger partial charge in [0, 0.05) is 11.1 Å². The summed E-state index contributed by atoms with van der Waals surface area (Å²) >= 11 is 0. The molecule has 3 rings (SSSR count). The molecule has 0 atom stereocenters. The molecule has 0 saturated heterocycles. The maximum absolute atomic E-state index is 11.9. The number of carbonyl (C=O) groups is 1. The van der Waals surface area contributed by atoms with E-state index in [0.29, 0.717) is 16.9 Å². The summed E-state index contributed by atoms with van der Waals surface area (Å²) in [5, 5.41) is 13.4. The minimum atomic E-state index is -0.352. The summed E-state index contributed by atoms with van der Waals surface area (Å²) in [6.45, 7) is 1.49. The number of Topliss-reactive ketones (excluding diaryl/α,β-unsaturated/α-hetero) is 1. The quantitative estimate of drug-likeness (QED) is 0.563. The molecule has 6 heteroatoms. The van der Waals surface area contributed by atoms with Gasteiger partial charge in [0.1, 0.15) is 0 Å². The number of carbonyl (C=O) groups excluding carboxylic acids is 1. The lowest BCUT2D eigenvalue weighted by Crippen LogP contribution is -1.96. The predicted octanol–water partition coefficient (Wildman–Crippen LogP) is 3.99. The number of aromatic nitrogens is 2. The normalized spacial score (nSPS) is 11.0. The molecular weight excluding hydrogens is 292 g/mol. The van der Waals surface area contributed by atoms with Gasteiger partial charge in [-0.1, -0.05) is 42.5 Å². The van der Waals surface area contributed by atoms with Gasteiger partial charge in [0.15, 0.2) is 11.5 Å². The Morgan fingerprint density at radius 2 is 1.74 bits per heavy atom. The molecule has 6 nitrogen and oxygen atoms in total. The summed E-state index contributed by atoms with van der Waals surface area (Å²) in [5.41, 5.74) is 2.31. The second kappa shape index (κ2) is 6.23. The van der Waals surface area contributed by atoms with E-state index in [0.717, 1.165) is 5.56 Å². The van der Waals surface area contributed by atoms with E-state index in [1.165, 1.54) is 6.92 Å². The zero-order chi connectivity index (χ0) is 16.2. The third-order valence-corrected chi connectivity index (χ3v) is 3.33. The smallest absolute Gasteiger partial charge is 0.292 e. The van der Waals surface area contributed by atoms with Crippen molar-refractivity contribution in [1.82, 2.24) is 10.2 Å². The molecule has 23 heavy (non-hydrogen) atoms. The average Bonchev–Trinajstić information content (AvgIpc) is 2.95. The molecule has 0 amide bonds. The molecule has 114 valence electrons. The molecule has 0 unspecified atom stereocenters. The van der Waals surface area contributed by atoms with Crippen LogP contribution in [0.15, 0.2) is 69.6 Å². The molecule has 2 N–H and O–H groups in total. The standard InChI is InChI=1S/C17H14N4O2/c1-11(22)13-8-5-9-14(10-13)18-20-16-15(19-21-17(16)23)12-6-3-2-4-7-12/h2-10H,1H3,(H2,19,21,23). The van der Waals surface area contributed by atoms with Crippen molar-refractivity contribution in [2.24, 2.45) is 10.2 Å². The Balaban J connectivity index is 1.98. The van der Waals surface area contributed by atoms with Gasteiger partial charge >= 0.3 is 0 Å². The summed E-state index contributed by atoms with van der Waals surface area (Å²) in [4.78, 5) is 23.3. The summed E-state index contributed by atoms with van der Waals surface area (Å²) in [7, 11) is 0. The Morgan fingerprint density at radius 3 is 2.48 bits per heavy atom. The lowest BCUT2D eigenvalue weighted by Gasteiger charge is -1.98. The van der Waals surface area contributed by atoms with Crippen LogP contribution in [0, 0.1) is 0 Å². The van der Waals surface area contributed by atoms with Crippen molar-refractivity contribution in [3.8, 4) is 11.3 Å². The van der Waals surface area contributed by atoms with Gasteiger partial charge in [0.25, 0.3) is 5.56 Å².